The number of hydrogen-bond donors (Lipinski definition) is 3. The van der Waals surface area contributed by atoms with E-state index in [9.17, 15) is 29.7 Å². The summed E-state index contributed by atoms with van der Waals surface area (Å²) in [6, 6.07) is 0. The summed E-state index contributed by atoms with van der Waals surface area (Å²) in [5.41, 5.74) is -7.95. The summed E-state index contributed by atoms with van der Waals surface area (Å²) in [4.78, 5) is 38.2. The van der Waals surface area contributed by atoms with Crippen LogP contribution in [-0.4, -0.2) is 75.1 Å². The largest absolute Gasteiger partial charge is 0.459 e. The van der Waals surface area contributed by atoms with Gasteiger partial charge in [-0.05, 0) is 12.3 Å². The first-order chi connectivity index (χ1) is 13.8. The number of carbonyl (C=O) groups excluding carboxylic acids is 3. The van der Waals surface area contributed by atoms with Crippen molar-refractivity contribution >= 4 is 17.9 Å². The average molecular weight is 424 g/mol. The van der Waals surface area contributed by atoms with Crippen LogP contribution in [0.2, 0.25) is 0 Å². The van der Waals surface area contributed by atoms with E-state index in [1.165, 1.54) is 6.92 Å². The Bertz CT molecular complexity index is 925. The lowest BCUT2D eigenvalue weighted by atomic mass is 9.51. The Morgan fingerprint density at radius 1 is 1.03 bits per heavy atom. The van der Waals surface area contributed by atoms with Crippen LogP contribution in [0.25, 0.3) is 0 Å². The van der Waals surface area contributed by atoms with Gasteiger partial charge < -0.3 is 34.3 Å². The molecule has 6 fully saturated rings. The van der Waals surface area contributed by atoms with Gasteiger partial charge in [-0.3, -0.25) is 4.79 Å². The quantitative estimate of drug-likeness (QED) is 0.314. The number of fused-ring (bicyclic) bond motifs is 1. The van der Waals surface area contributed by atoms with Crippen LogP contribution in [0.5, 0.6) is 0 Å². The fourth-order valence-electron chi connectivity index (χ4n) is 8.22. The Morgan fingerprint density at radius 2 is 1.70 bits per heavy atom. The molecule has 6 aliphatic rings. The Labute approximate surface area is 171 Å². The second-order valence-corrected chi connectivity index (χ2v) is 10.7. The first kappa shape index (κ1) is 19.0. The lowest BCUT2D eigenvalue weighted by molar-refractivity contribution is -0.239. The molecule has 0 radical (unpaired) electrons. The molecule has 10 heteroatoms. The predicted molar refractivity (Wildman–Crippen MR) is 92.0 cm³/mol. The van der Waals surface area contributed by atoms with E-state index in [-0.39, 0.29) is 6.42 Å². The van der Waals surface area contributed by atoms with Gasteiger partial charge in [0.15, 0.2) is 11.7 Å². The van der Waals surface area contributed by atoms with Gasteiger partial charge in [0.1, 0.15) is 12.2 Å². The number of esters is 3. The zero-order chi connectivity index (χ0) is 21.8. The lowest BCUT2D eigenvalue weighted by Gasteiger charge is -2.46. The highest BCUT2D eigenvalue weighted by Gasteiger charge is 3.02. The maximum absolute atomic E-state index is 13.4. The van der Waals surface area contributed by atoms with Crippen molar-refractivity contribution in [3.63, 3.8) is 0 Å². The minimum absolute atomic E-state index is 0.107. The summed E-state index contributed by atoms with van der Waals surface area (Å²) in [7, 11) is 0. The monoisotopic (exact) mass is 424 g/mol. The van der Waals surface area contributed by atoms with Gasteiger partial charge in [-0.1, -0.05) is 20.8 Å². The number of aliphatic hydroxyl groups excluding tert-OH is 2. The van der Waals surface area contributed by atoms with Crippen LogP contribution in [0.3, 0.4) is 0 Å². The molecule has 4 aliphatic heterocycles. The van der Waals surface area contributed by atoms with E-state index in [4.69, 9.17) is 18.9 Å². The van der Waals surface area contributed by atoms with Crippen LogP contribution in [0, 0.1) is 28.1 Å². The molecule has 0 bridgehead atoms. The summed E-state index contributed by atoms with van der Waals surface area (Å²) in [6.07, 6.45) is -6.73. The maximum atomic E-state index is 13.4. The zero-order valence-corrected chi connectivity index (χ0v) is 16.9. The molecule has 2 aliphatic carbocycles. The molecule has 10 nitrogen and oxygen atoms in total. The van der Waals surface area contributed by atoms with Crippen molar-refractivity contribution in [3.8, 4) is 0 Å². The Morgan fingerprint density at radius 3 is 2.33 bits per heavy atom. The molecular weight excluding hydrogens is 400 g/mol. The Hall–Kier alpha value is -1.75. The Balaban J connectivity index is 1.71. The number of carbonyl (C=O) groups is 3. The average Bonchev–Trinajstić information content (AvgIpc) is 3.32. The molecular formula is C20H24O10. The van der Waals surface area contributed by atoms with Crippen molar-refractivity contribution in [2.75, 3.05) is 0 Å². The zero-order valence-electron chi connectivity index (χ0n) is 16.9. The second kappa shape index (κ2) is 4.69. The Kier molecular flexibility index (Phi) is 2.97. The summed E-state index contributed by atoms with van der Waals surface area (Å²) in [5, 5.41) is 34.4. The molecule has 4 saturated heterocycles. The lowest BCUT2D eigenvalue weighted by Crippen LogP contribution is -2.66. The fourth-order valence-corrected chi connectivity index (χ4v) is 8.22. The maximum Gasteiger partial charge on any atom is 0.342 e. The highest BCUT2D eigenvalue weighted by Crippen LogP contribution is 2.84. The van der Waals surface area contributed by atoms with Crippen molar-refractivity contribution in [2.45, 2.75) is 76.0 Å². The topological polar surface area (TPSA) is 149 Å². The van der Waals surface area contributed by atoms with E-state index in [0.717, 1.165) is 0 Å². The summed E-state index contributed by atoms with van der Waals surface area (Å²) >= 11 is 0. The number of hydrogen-bond acceptors (Lipinski definition) is 10. The van der Waals surface area contributed by atoms with Crippen LogP contribution >= 0.6 is 0 Å². The fraction of sp³-hybridized carbons (Fsp3) is 0.850. The highest BCUT2D eigenvalue weighted by atomic mass is 16.8. The number of aliphatic hydroxyl groups is 3. The predicted octanol–water partition coefficient (Wildman–Crippen LogP) is -1.37. The van der Waals surface area contributed by atoms with Gasteiger partial charge in [-0.2, -0.15) is 0 Å². The van der Waals surface area contributed by atoms with Gasteiger partial charge in [0.25, 0.3) is 0 Å². The standard InChI is InChI=1S/C20H24O10/c1-6-12(23)27-7-5-17-11-8(21)9(16(2,3)4)18(17)10(22)13(24)29-15(18)30-20(17,14(25)28-11)19(6,7)26/h6-11,15,21-22,26H,5H2,1-4H3/t6-,7+,8+,9-,10+,11-,15?,17-,18-,19+,20+/m0/s1. The number of ether oxygens (including phenoxy) is 4. The molecule has 11 atom stereocenters. The van der Waals surface area contributed by atoms with E-state index in [0.29, 0.717) is 0 Å². The van der Waals surface area contributed by atoms with E-state index < -0.39 is 87.9 Å². The van der Waals surface area contributed by atoms with Gasteiger partial charge in [0.05, 0.1) is 22.9 Å². The number of rotatable bonds is 0. The SMILES string of the molecule is C[C@H]1C(=O)O[C@@H]2C[C@@]34[C@H]5OC(=O)[C@]3(OC3OC(=O)[C@@H](O)[C@@]34[C@H](C(C)(C)C)[C@H]5O)[C@]21O. The second-order valence-electron chi connectivity index (χ2n) is 10.7. The van der Waals surface area contributed by atoms with Crippen molar-refractivity contribution in [2.24, 2.45) is 28.1 Å². The summed E-state index contributed by atoms with van der Waals surface area (Å²) in [6.45, 7) is 6.97. The molecule has 6 rings (SSSR count). The minimum Gasteiger partial charge on any atom is -0.459 e. The third-order valence-corrected chi connectivity index (χ3v) is 8.91. The van der Waals surface area contributed by atoms with Crippen molar-refractivity contribution in [1.82, 2.24) is 0 Å². The molecule has 2 spiro atoms. The summed E-state index contributed by atoms with van der Waals surface area (Å²) in [5.74, 6) is -4.43. The molecule has 3 N–H and O–H groups in total. The molecule has 4 heterocycles. The van der Waals surface area contributed by atoms with Crippen LogP contribution in [0.4, 0.5) is 0 Å². The van der Waals surface area contributed by atoms with Crippen LogP contribution in [-0.2, 0) is 33.3 Å². The highest BCUT2D eigenvalue weighted by molar-refractivity contribution is 5.93. The van der Waals surface area contributed by atoms with Gasteiger partial charge in [-0.25, -0.2) is 9.59 Å². The molecule has 1 unspecified atom stereocenters. The van der Waals surface area contributed by atoms with E-state index >= 15 is 0 Å². The first-order valence-corrected chi connectivity index (χ1v) is 10.2. The van der Waals surface area contributed by atoms with Gasteiger partial charge in [-0.15, -0.1) is 0 Å². The summed E-state index contributed by atoms with van der Waals surface area (Å²) < 4.78 is 22.6. The van der Waals surface area contributed by atoms with E-state index in [2.05, 4.69) is 0 Å². The third-order valence-electron chi connectivity index (χ3n) is 8.91. The smallest absolute Gasteiger partial charge is 0.342 e. The van der Waals surface area contributed by atoms with Crippen molar-refractivity contribution in [3.05, 3.63) is 0 Å². The molecule has 0 aromatic rings. The van der Waals surface area contributed by atoms with E-state index in [1.54, 1.807) is 0 Å². The van der Waals surface area contributed by atoms with Gasteiger partial charge >= 0.3 is 17.9 Å². The van der Waals surface area contributed by atoms with E-state index in [1.807, 2.05) is 20.8 Å². The molecule has 2 saturated carbocycles. The molecule has 30 heavy (non-hydrogen) atoms. The van der Waals surface area contributed by atoms with Crippen molar-refractivity contribution < 1.29 is 48.7 Å². The van der Waals surface area contributed by atoms with Crippen LogP contribution in [0.15, 0.2) is 0 Å². The third kappa shape index (κ3) is 1.35. The normalized spacial score (nSPS) is 60.1. The molecule has 164 valence electrons. The first-order valence-electron chi connectivity index (χ1n) is 10.2. The minimum atomic E-state index is -2.12. The van der Waals surface area contributed by atoms with Gasteiger partial charge in [0, 0.05) is 12.3 Å². The molecule has 0 aromatic heterocycles. The molecule has 0 aromatic carbocycles. The van der Waals surface area contributed by atoms with Gasteiger partial charge in [0.2, 0.25) is 11.9 Å². The van der Waals surface area contributed by atoms with Crippen LogP contribution in [0.1, 0.15) is 34.1 Å². The molecule has 0 amide bonds. The van der Waals surface area contributed by atoms with Crippen LogP contribution < -0.4 is 0 Å². The van der Waals surface area contributed by atoms with Crippen molar-refractivity contribution in [1.29, 1.82) is 0 Å².